The number of benzene rings is 1. The summed E-state index contributed by atoms with van der Waals surface area (Å²) in [6.45, 7) is 2.93. The summed E-state index contributed by atoms with van der Waals surface area (Å²) in [4.78, 5) is 0. The summed E-state index contributed by atoms with van der Waals surface area (Å²) in [5.74, 6) is 0.960. The first-order valence-corrected chi connectivity index (χ1v) is 5.27. The van der Waals surface area contributed by atoms with E-state index < -0.39 is 0 Å². The first kappa shape index (κ1) is 11.3. The molecule has 3 heteroatoms. The van der Waals surface area contributed by atoms with Crippen LogP contribution in [0.25, 0.3) is 0 Å². The van der Waals surface area contributed by atoms with E-state index in [1.54, 1.807) is 7.11 Å². The lowest BCUT2D eigenvalue weighted by Gasteiger charge is -2.09. The molecular weight excluding hydrogens is 198 g/mol. The number of hydrogen-bond donors (Lipinski definition) is 1. The summed E-state index contributed by atoms with van der Waals surface area (Å²) in [6, 6.07) is 6.69. The minimum absolute atomic E-state index is 0.480. The van der Waals surface area contributed by atoms with Gasteiger partial charge in [0, 0.05) is 6.54 Å². The summed E-state index contributed by atoms with van der Waals surface area (Å²) in [5.41, 5.74) is 2.48. The highest BCUT2D eigenvalue weighted by atomic mass is 35.5. The highest BCUT2D eigenvalue weighted by Crippen LogP contribution is 2.20. The monoisotopic (exact) mass is 213 g/mol. The molecule has 0 aliphatic rings. The Kier molecular flexibility index (Phi) is 4.77. The van der Waals surface area contributed by atoms with Gasteiger partial charge in [-0.1, -0.05) is 19.1 Å². The van der Waals surface area contributed by atoms with E-state index in [1.165, 1.54) is 11.1 Å². The summed E-state index contributed by atoms with van der Waals surface area (Å²) >= 11 is 5.55. The fourth-order valence-corrected chi connectivity index (χ4v) is 1.50. The standard InChI is InChI=1S/C11H16ClNO/c1-3-10-6-9(7-13-8-12)4-5-11(10)14-2/h4-6,13H,3,7-8H2,1-2H3. The van der Waals surface area contributed by atoms with Crippen LogP contribution in [0.1, 0.15) is 18.1 Å². The summed E-state index contributed by atoms with van der Waals surface area (Å²) in [7, 11) is 1.70. The smallest absolute Gasteiger partial charge is 0.122 e. The molecule has 0 aromatic heterocycles. The summed E-state index contributed by atoms with van der Waals surface area (Å²) in [5, 5.41) is 3.08. The predicted octanol–water partition coefficient (Wildman–Crippen LogP) is 2.54. The van der Waals surface area contributed by atoms with Gasteiger partial charge in [-0.2, -0.15) is 0 Å². The van der Waals surface area contributed by atoms with Crippen LogP contribution in [-0.2, 0) is 13.0 Å². The topological polar surface area (TPSA) is 21.3 Å². The van der Waals surface area contributed by atoms with E-state index in [-0.39, 0.29) is 0 Å². The Labute approximate surface area is 90.2 Å². The van der Waals surface area contributed by atoms with Crippen molar-refractivity contribution in [2.24, 2.45) is 0 Å². The molecule has 1 rings (SSSR count). The third-order valence-corrected chi connectivity index (χ3v) is 2.34. The number of rotatable bonds is 5. The fraction of sp³-hybridized carbons (Fsp3) is 0.455. The van der Waals surface area contributed by atoms with Crippen LogP contribution >= 0.6 is 11.6 Å². The van der Waals surface area contributed by atoms with Gasteiger partial charge in [0.25, 0.3) is 0 Å². The van der Waals surface area contributed by atoms with E-state index in [1.807, 2.05) is 6.07 Å². The average Bonchev–Trinajstić information content (AvgIpc) is 2.25. The van der Waals surface area contributed by atoms with Gasteiger partial charge in [-0.3, -0.25) is 5.32 Å². The molecule has 0 atom stereocenters. The minimum Gasteiger partial charge on any atom is -0.496 e. The molecule has 0 amide bonds. The van der Waals surface area contributed by atoms with E-state index >= 15 is 0 Å². The first-order valence-electron chi connectivity index (χ1n) is 4.74. The number of hydrogen-bond acceptors (Lipinski definition) is 2. The zero-order valence-corrected chi connectivity index (χ0v) is 9.40. The number of methoxy groups -OCH3 is 1. The van der Waals surface area contributed by atoms with Crippen molar-refractivity contribution in [1.82, 2.24) is 5.32 Å². The SMILES string of the molecule is CCc1cc(CNCCl)ccc1OC. The minimum atomic E-state index is 0.480. The lowest BCUT2D eigenvalue weighted by molar-refractivity contribution is 0.410. The van der Waals surface area contributed by atoms with Crippen LogP contribution in [0.4, 0.5) is 0 Å². The van der Waals surface area contributed by atoms with Crippen LogP contribution in [0.2, 0.25) is 0 Å². The molecule has 0 saturated carbocycles. The lowest BCUT2D eigenvalue weighted by Crippen LogP contribution is -2.10. The van der Waals surface area contributed by atoms with Gasteiger partial charge in [0.05, 0.1) is 13.1 Å². The van der Waals surface area contributed by atoms with Gasteiger partial charge in [-0.15, -0.1) is 11.6 Å². The second kappa shape index (κ2) is 5.89. The predicted molar refractivity (Wildman–Crippen MR) is 59.9 cm³/mol. The molecule has 0 unspecified atom stereocenters. The quantitative estimate of drug-likeness (QED) is 0.600. The molecule has 0 aliphatic carbocycles. The Balaban J connectivity index is 2.79. The van der Waals surface area contributed by atoms with Crippen molar-refractivity contribution in [2.45, 2.75) is 19.9 Å². The Morgan fingerprint density at radius 1 is 1.43 bits per heavy atom. The van der Waals surface area contributed by atoms with Gasteiger partial charge in [0.2, 0.25) is 0 Å². The maximum atomic E-state index is 5.55. The maximum absolute atomic E-state index is 5.55. The molecule has 1 N–H and O–H groups in total. The van der Waals surface area contributed by atoms with Gasteiger partial charge in [-0.25, -0.2) is 0 Å². The molecule has 0 fully saturated rings. The molecule has 0 radical (unpaired) electrons. The van der Waals surface area contributed by atoms with E-state index in [2.05, 4.69) is 24.4 Å². The molecule has 2 nitrogen and oxygen atoms in total. The van der Waals surface area contributed by atoms with Crippen molar-refractivity contribution in [2.75, 3.05) is 13.1 Å². The molecule has 1 aromatic carbocycles. The normalized spacial score (nSPS) is 10.2. The van der Waals surface area contributed by atoms with E-state index in [0.29, 0.717) is 6.00 Å². The summed E-state index contributed by atoms with van der Waals surface area (Å²) in [6.07, 6.45) is 0.984. The van der Waals surface area contributed by atoms with E-state index in [4.69, 9.17) is 16.3 Å². The molecular formula is C11H16ClNO. The second-order valence-corrected chi connectivity index (χ2v) is 3.33. The Hall–Kier alpha value is -0.730. The Morgan fingerprint density at radius 3 is 2.79 bits per heavy atom. The Morgan fingerprint density at radius 2 is 2.21 bits per heavy atom. The average molecular weight is 214 g/mol. The van der Waals surface area contributed by atoms with Crippen molar-refractivity contribution in [1.29, 1.82) is 0 Å². The zero-order chi connectivity index (χ0) is 10.4. The number of halogens is 1. The van der Waals surface area contributed by atoms with Crippen molar-refractivity contribution < 1.29 is 4.74 Å². The highest BCUT2D eigenvalue weighted by molar-refractivity contribution is 6.17. The van der Waals surface area contributed by atoms with Gasteiger partial charge < -0.3 is 4.74 Å². The number of ether oxygens (including phenoxy) is 1. The van der Waals surface area contributed by atoms with E-state index in [0.717, 1.165) is 18.7 Å². The van der Waals surface area contributed by atoms with Crippen LogP contribution in [0, 0.1) is 0 Å². The van der Waals surface area contributed by atoms with Crippen molar-refractivity contribution >= 4 is 11.6 Å². The van der Waals surface area contributed by atoms with Crippen LogP contribution in [0.5, 0.6) is 5.75 Å². The van der Waals surface area contributed by atoms with Gasteiger partial charge >= 0.3 is 0 Å². The number of aryl methyl sites for hydroxylation is 1. The van der Waals surface area contributed by atoms with E-state index in [9.17, 15) is 0 Å². The van der Waals surface area contributed by atoms with Crippen molar-refractivity contribution in [3.63, 3.8) is 0 Å². The molecule has 0 heterocycles. The van der Waals surface area contributed by atoms with Crippen LogP contribution in [0.15, 0.2) is 18.2 Å². The molecule has 14 heavy (non-hydrogen) atoms. The van der Waals surface area contributed by atoms with Crippen LogP contribution in [-0.4, -0.2) is 13.1 Å². The molecule has 0 saturated heterocycles. The van der Waals surface area contributed by atoms with Crippen molar-refractivity contribution in [3.05, 3.63) is 29.3 Å². The molecule has 0 aliphatic heterocycles. The number of nitrogens with one attached hydrogen (secondary N) is 1. The summed E-state index contributed by atoms with van der Waals surface area (Å²) < 4.78 is 5.25. The van der Waals surface area contributed by atoms with Crippen LogP contribution < -0.4 is 10.1 Å². The van der Waals surface area contributed by atoms with Gasteiger partial charge in [0.1, 0.15) is 5.75 Å². The molecule has 0 spiro atoms. The zero-order valence-electron chi connectivity index (χ0n) is 8.64. The van der Waals surface area contributed by atoms with Crippen molar-refractivity contribution in [3.8, 4) is 5.75 Å². The van der Waals surface area contributed by atoms with Gasteiger partial charge in [-0.05, 0) is 23.6 Å². The van der Waals surface area contributed by atoms with Crippen LogP contribution in [0.3, 0.4) is 0 Å². The van der Waals surface area contributed by atoms with Gasteiger partial charge in [0.15, 0.2) is 0 Å². The molecule has 0 bridgehead atoms. The second-order valence-electron chi connectivity index (χ2n) is 3.06. The largest absolute Gasteiger partial charge is 0.496 e. The lowest BCUT2D eigenvalue weighted by atomic mass is 10.1. The highest BCUT2D eigenvalue weighted by Gasteiger charge is 2.01. The first-order chi connectivity index (χ1) is 6.81. The third kappa shape index (κ3) is 2.89. The maximum Gasteiger partial charge on any atom is 0.122 e. The molecule has 1 aromatic rings. The molecule has 78 valence electrons. The number of alkyl halides is 1. The fourth-order valence-electron chi connectivity index (χ4n) is 1.41. The third-order valence-electron chi connectivity index (χ3n) is 2.15. The Bertz CT molecular complexity index is 289.